The Morgan fingerprint density at radius 3 is 2.48 bits per heavy atom. The first-order valence-corrected chi connectivity index (χ1v) is 7.32. The number of H-pyrrole nitrogens is 1. The molecule has 0 amide bonds. The lowest BCUT2D eigenvalue weighted by molar-refractivity contribution is 0.306. The maximum Gasteiger partial charge on any atom is 0.120 e. The van der Waals surface area contributed by atoms with Crippen molar-refractivity contribution in [1.29, 1.82) is 0 Å². The van der Waals surface area contributed by atoms with E-state index in [-0.39, 0.29) is 5.41 Å². The van der Waals surface area contributed by atoms with Crippen LogP contribution in [0.5, 0.6) is 5.75 Å². The summed E-state index contributed by atoms with van der Waals surface area (Å²) in [6, 6.07) is 16.5. The number of fused-ring (bicyclic) bond motifs is 1. The van der Waals surface area contributed by atoms with Crippen molar-refractivity contribution in [2.75, 3.05) is 0 Å². The SMILES string of the molecule is CC(C)(C)c1c[nH]c2ccc(OCc3ccccc3)cc12. The Morgan fingerprint density at radius 2 is 1.76 bits per heavy atom. The van der Waals surface area contributed by atoms with Crippen molar-refractivity contribution >= 4 is 10.9 Å². The van der Waals surface area contributed by atoms with Crippen molar-refractivity contribution in [1.82, 2.24) is 4.98 Å². The molecule has 1 aromatic heterocycles. The first kappa shape index (κ1) is 13.7. The van der Waals surface area contributed by atoms with Gasteiger partial charge in [-0.3, -0.25) is 0 Å². The smallest absolute Gasteiger partial charge is 0.120 e. The molecular formula is C19H21NO. The van der Waals surface area contributed by atoms with Crippen molar-refractivity contribution in [2.24, 2.45) is 0 Å². The van der Waals surface area contributed by atoms with Crippen LogP contribution in [0.2, 0.25) is 0 Å². The molecule has 0 spiro atoms. The Labute approximate surface area is 125 Å². The fraction of sp³-hybridized carbons (Fsp3) is 0.263. The average Bonchev–Trinajstić information content (AvgIpc) is 2.89. The second kappa shape index (κ2) is 5.28. The van der Waals surface area contributed by atoms with Crippen molar-refractivity contribution < 1.29 is 4.74 Å². The van der Waals surface area contributed by atoms with Gasteiger partial charge in [-0.05, 0) is 34.7 Å². The lowest BCUT2D eigenvalue weighted by Crippen LogP contribution is -2.09. The van der Waals surface area contributed by atoms with Crippen LogP contribution in [-0.2, 0) is 12.0 Å². The standard InChI is InChI=1S/C19H21NO/c1-19(2,3)17-12-20-18-10-9-15(11-16(17)18)21-13-14-7-5-4-6-8-14/h4-12,20H,13H2,1-3H3. The highest BCUT2D eigenvalue weighted by atomic mass is 16.5. The minimum absolute atomic E-state index is 0.121. The molecule has 0 aliphatic heterocycles. The lowest BCUT2D eigenvalue weighted by Gasteiger charge is -2.17. The summed E-state index contributed by atoms with van der Waals surface area (Å²) in [5, 5.41) is 1.24. The van der Waals surface area contributed by atoms with Gasteiger partial charge in [0.1, 0.15) is 12.4 Å². The summed E-state index contributed by atoms with van der Waals surface area (Å²) in [6.07, 6.45) is 2.10. The van der Waals surface area contributed by atoms with E-state index in [0.717, 1.165) is 11.3 Å². The van der Waals surface area contributed by atoms with E-state index in [1.54, 1.807) is 0 Å². The fourth-order valence-electron chi connectivity index (χ4n) is 2.55. The molecule has 0 aliphatic carbocycles. The van der Waals surface area contributed by atoms with E-state index >= 15 is 0 Å². The molecule has 2 heteroatoms. The third-order valence-corrected chi connectivity index (χ3v) is 3.71. The van der Waals surface area contributed by atoms with Crippen LogP contribution in [0.4, 0.5) is 0 Å². The summed E-state index contributed by atoms with van der Waals surface area (Å²) in [5.41, 5.74) is 3.79. The van der Waals surface area contributed by atoms with Gasteiger partial charge in [0.05, 0.1) is 0 Å². The Bertz CT molecular complexity index is 735. The van der Waals surface area contributed by atoms with Crippen molar-refractivity contribution in [3.63, 3.8) is 0 Å². The second-order valence-electron chi connectivity index (χ2n) is 6.43. The third kappa shape index (κ3) is 2.94. The number of benzene rings is 2. The molecule has 3 rings (SSSR count). The van der Waals surface area contributed by atoms with Gasteiger partial charge in [0.15, 0.2) is 0 Å². The highest BCUT2D eigenvalue weighted by molar-refractivity contribution is 5.85. The predicted molar refractivity (Wildman–Crippen MR) is 87.8 cm³/mol. The van der Waals surface area contributed by atoms with Crippen molar-refractivity contribution in [3.8, 4) is 5.75 Å². The van der Waals surface area contributed by atoms with Gasteiger partial charge >= 0.3 is 0 Å². The number of ether oxygens (including phenoxy) is 1. The van der Waals surface area contributed by atoms with E-state index in [1.165, 1.54) is 16.5 Å². The minimum Gasteiger partial charge on any atom is -0.489 e. The molecular weight excluding hydrogens is 258 g/mol. The second-order valence-corrected chi connectivity index (χ2v) is 6.43. The fourth-order valence-corrected chi connectivity index (χ4v) is 2.55. The molecule has 0 radical (unpaired) electrons. The monoisotopic (exact) mass is 279 g/mol. The Hall–Kier alpha value is -2.22. The summed E-state index contributed by atoms with van der Waals surface area (Å²) in [7, 11) is 0. The van der Waals surface area contributed by atoms with Crippen LogP contribution in [0.25, 0.3) is 10.9 Å². The number of hydrogen-bond acceptors (Lipinski definition) is 1. The maximum absolute atomic E-state index is 5.92. The highest BCUT2D eigenvalue weighted by Gasteiger charge is 2.18. The van der Waals surface area contributed by atoms with Gasteiger partial charge in [-0.25, -0.2) is 0 Å². The Morgan fingerprint density at radius 1 is 1.00 bits per heavy atom. The molecule has 0 saturated carbocycles. The van der Waals surface area contributed by atoms with Gasteiger partial charge < -0.3 is 9.72 Å². The van der Waals surface area contributed by atoms with E-state index < -0.39 is 0 Å². The molecule has 0 atom stereocenters. The van der Waals surface area contributed by atoms with Gasteiger partial charge in [0.2, 0.25) is 0 Å². The minimum atomic E-state index is 0.121. The summed E-state index contributed by atoms with van der Waals surface area (Å²) >= 11 is 0. The molecule has 1 heterocycles. The molecule has 2 nitrogen and oxygen atoms in total. The lowest BCUT2D eigenvalue weighted by atomic mass is 9.87. The van der Waals surface area contributed by atoms with Gasteiger partial charge in [0, 0.05) is 17.1 Å². The van der Waals surface area contributed by atoms with Crippen molar-refractivity contribution in [3.05, 3.63) is 65.9 Å². The first-order chi connectivity index (χ1) is 10.0. The number of rotatable bonds is 3. The quantitative estimate of drug-likeness (QED) is 0.713. The molecule has 0 aliphatic rings. The summed E-state index contributed by atoms with van der Waals surface area (Å²) in [6.45, 7) is 7.29. The average molecular weight is 279 g/mol. The van der Waals surface area contributed by atoms with Gasteiger partial charge in [-0.2, -0.15) is 0 Å². The van der Waals surface area contributed by atoms with Gasteiger partial charge in [-0.1, -0.05) is 51.1 Å². The number of aromatic nitrogens is 1. The molecule has 0 saturated heterocycles. The zero-order chi connectivity index (χ0) is 14.9. The van der Waals surface area contributed by atoms with Crippen LogP contribution in [0.3, 0.4) is 0 Å². The van der Waals surface area contributed by atoms with Crippen LogP contribution in [0.1, 0.15) is 31.9 Å². The molecule has 0 bridgehead atoms. The Kier molecular flexibility index (Phi) is 3.46. The van der Waals surface area contributed by atoms with Crippen LogP contribution in [0.15, 0.2) is 54.7 Å². The molecule has 2 aromatic carbocycles. The van der Waals surface area contributed by atoms with E-state index in [9.17, 15) is 0 Å². The zero-order valence-corrected chi connectivity index (χ0v) is 12.8. The number of nitrogens with one attached hydrogen (secondary N) is 1. The van der Waals surface area contributed by atoms with E-state index in [0.29, 0.717) is 6.61 Å². The normalized spacial score (nSPS) is 11.8. The molecule has 3 aromatic rings. The van der Waals surface area contributed by atoms with Crippen LogP contribution >= 0.6 is 0 Å². The summed E-state index contributed by atoms with van der Waals surface area (Å²) < 4.78 is 5.92. The van der Waals surface area contributed by atoms with Crippen LogP contribution in [0, 0.1) is 0 Å². The van der Waals surface area contributed by atoms with Crippen molar-refractivity contribution in [2.45, 2.75) is 32.8 Å². The van der Waals surface area contributed by atoms with E-state index in [4.69, 9.17) is 4.74 Å². The maximum atomic E-state index is 5.92. The number of aromatic amines is 1. The molecule has 0 fully saturated rings. The predicted octanol–water partition coefficient (Wildman–Crippen LogP) is 5.04. The first-order valence-electron chi connectivity index (χ1n) is 7.32. The van der Waals surface area contributed by atoms with E-state index in [2.05, 4.69) is 56.2 Å². The third-order valence-electron chi connectivity index (χ3n) is 3.71. The van der Waals surface area contributed by atoms with Gasteiger partial charge in [-0.15, -0.1) is 0 Å². The Balaban J connectivity index is 1.87. The molecule has 108 valence electrons. The van der Waals surface area contributed by atoms with Gasteiger partial charge in [0.25, 0.3) is 0 Å². The van der Waals surface area contributed by atoms with Crippen LogP contribution < -0.4 is 4.74 Å². The number of hydrogen-bond donors (Lipinski definition) is 1. The summed E-state index contributed by atoms with van der Waals surface area (Å²) in [5.74, 6) is 0.913. The molecule has 0 unspecified atom stereocenters. The highest BCUT2D eigenvalue weighted by Crippen LogP contribution is 2.32. The van der Waals surface area contributed by atoms with Crippen LogP contribution in [-0.4, -0.2) is 4.98 Å². The molecule has 21 heavy (non-hydrogen) atoms. The zero-order valence-electron chi connectivity index (χ0n) is 12.8. The molecule has 1 N–H and O–H groups in total. The summed E-state index contributed by atoms with van der Waals surface area (Å²) in [4.78, 5) is 3.34. The van der Waals surface area contributed by atoms with E-state index in [1.807, 2.05) is 24.3 Å². The largest absolute Gasteiger partial charge is 0.489 e. The topological polar surface area (TPSA) is 25.0 Å².